The van der Waals surface area contributed by atoms with Gasteiger partial charge in [-0.25, -0.2) is 4.98 Å². The summed E-state index contributed by atoms with van der Waals surface area (Å²) >= 11 is 0. The van der Waals surface area contributed by atoms with Crippen LogP contribution in [0, 0.1) is 18.3 Å². The molecule has 1 aromatic rings. The number of aromatic nitrogens is 1. The van der Waals surface area contributed by atoms with Crippen molar-refractivity contribution in [3.05, 3.63) is 23.4 Å². The quantitative estimate of drug-likeness (QED) is 0.802. The number of carboxylic acid groups (broad SMARTS) is 1. The van der Waals surface area contributed by atoms with Gasteiger partial charge in [-0.2, -0.15) is 5.26 Å². The first kappa shape index (κ1) is 13.9. The fourth-order valence-electron chi connectivity index (χ4n) is 1.50. The molecule has 18 heavy (non-hydrogen) atoms. The third-order valence-electron chi connectivity index (χ3n) is 2.33. The largest absolute Gasteiger partial charge is 0.480 e. The molecule has 0 saturated carbocycles. The average Bonchev–Trinajstić information content (AvgIpc) is 2.34. The zero-order chi connectivity index (χ0) is 13.5. The van der Waals surface area contributed by atoms with Crippen LogP contribution in [0.5, 0.6) is 0 Å². The van der Waals surface area contributed by atoms with Gasteiger partial charge in [0.25, 0.3) is 0 Å². The highest BCUT2D eigenvalue weighted by atomic mass is 16.5. The van der Waals surface area contributed by atoms with Gasteiger partial charge < -0.3 is 14.7 Å². The number of carboxylic acids is 1. The van der Waals surface area contributed by atoms with Gasteiger partial charge in [0, 0.05) is 19.3 Å². The molecular formula is C12H15N3O3. The van der Waals surface area contributed by atoms with Gasteiger partial charge in [-0.15, -0.1) is 0 Å². The molecule has 0 fully saturated rings. The standard InChI is InChI=1S/C12H15N3O3/c1-9-3-4-10(7-13)12(14-9)15(5-6-18-2)8-11(16)17/h3-4H,5-6,8H2,1-2H3,(H,16,17). The van der Waals surface area contributed by atoms with Crippen molar-refractivity contribution in [1.29, 1.82) is 5.26 Å². The first-order valence-electron chi connectivity index (χ1n) is 5.42. The second-order valence-electron chi connectivity index (χ2n) is 3.74. The number of pyridine rings is 1. The summed E-state index contributed by atoms with van der Waals surface area (Å²) in [5, 5.41) is 17.9. The van der Waals surface area contributed by atoms with Gasteiger partial charge in [0.05, 0.1) is 12.2 Å². The van der Waals surface area contributed by atoms with Crippen LogP contribution in [0.3, 0.4) is 0 Å². The van der Waals surface area contributed by atoms with Crippen LogP contribution in [0.1, 0.15) is 11.3 Å². The first-order chi connectivity index (χ1) is 8.58. The molecule has 6 nitrogen and oxygen atoms in total. The molecule has 1 N–H and O–H groups in total. The maximum atomic E-state index is 10.8. The Balaban J connectivity index is 3.06. The van der Waals surface area contributed by atoms with E-state index in [4.69, 9.17) is 15.1 Å². The van der Waals surface area contributed by atoms with Crippen LogP contribution < -0.4 is 4.90 Å². The zero-order valence-electron chi connectivity index (χ0n) is 10.4. The second-order valence-corrected chi connectivity index (χ2v) is 3.74. The molecule has 96 valence electrons. The van der Waals surface area contributed by atoms with Crippen molar-refractivity contribution in [2.24, 2.45) is 0 Å². The molecule has 0 spiro atoms. The fraction of sp³-hybridized carbons (Fsp3) is 0.417. The SMILES string of the molecule is COCCN(CC(=O)O)c1nc(C)ccc1C#N. The summed E-state index contributed by atoms with van der Waals surface area (Å²) < 4.78 is 4.93. The van der Waals surface area contributed by atoms with E-state index in [1.165, 1.54) is 12.0 Å². The lowest BCUT2D eigenvalue weighted by atomic mass is 10.2. The van der Waals surface area contributed by atoms with Crippen LogP contribution in [-0.2, 0) is 9.53 Å². The summed E-state index contributed by atoms with van der Waals surface area (Å²) in [7, 11) is 1.54. The number of aryl methyl sites for hydroxylation is 1. The molecule has 0 radical (unpaired) electrons. The highest BCUT2D eigenvalue weighted by Gasteiger charge is 2.16. The minimum atomic E-state index is -0.974. The van der Waals surface area contributed by atoms with E-state index < -0.39 is 5.97 Å². The van der Waals surface area contributed by atoms with Crippen LogP contribution in [0.2, 0.25) is 0 Å². The summed E-state index contributed by atoms with van der Waals surface area (Å²) in [6.45, 7) is 2.32. The number of ether oxygens (including phenoxy) is 1. The van der Waals surface area contributed by atoms with Crippen molar-refractivity contribution in [2.75, 3.05) is 31.7 Å². The molecule has 0 saturated heterocycles. The smallest absolute Gasteiger partial charge is 0.323 e. The minimum Gasteiger partial charge on any atom is -0.480 e. The van der Waals surface area contributed by atoms with Crippen molar-refractivity contribution in [2.45, 2.75) is 6.92 Å². The fourth-order valence-corrected chi connectivity index (χ4v) is 1.50. The Kier molecular flexibility index (Phi) is 5.08. The zero-order valence-corrected chi connectivity index (χ0v) is 10.4. The van der Waals surface area contributed by atoms with Crippen LogP contribution in [0.25, 0.3) is 0 Å². The van der Waals surface area contributed by atoms with Crippen LogP contribution >= 0.6 is 0 Å². The summed E-state index contributed by atoms with van der Waals surface area (Å²) in [5.41, 5.74) is 1.09. The number of aliphatic carboxylic acids is 1. The second kappa shape index (κ2) is 6.57. The number of nitrogens with zero attached hydrogens (tertiary/aromatic N) is 3. The molecule has 1 rings (SSSR count). The summed E-state index contributed by atoms with van der Waals surface area (Å²) in [4.78, 5) is 16.6. The van der Waals surface area contributed by atoms with E-state index in [0.29, 0.717) is 24.5 Å². The highest BCUT2D eigenvalue weighted by Crippen LogP contribution is 2.17. The van der Waals surface area contributed by atoms with Crippen molar-refractivity contribution in [3.8, 4) is 6.07 Å². The molecule has 0 unspecified atom stereocenters. The average molecular weight is 249 g/mol. The van der Waals surface area contributed by atoms with E-state index in [1.807, 2.05) is 6.07 Å². The molecule has 0 aliphatic carbocycles. The van der Waals surface area contributed by atoms with Crippen molar-refractivity contribution in [3.63, 3.8) is 0 Å². The molecule has 0 bridgehead atoms. The number of nitriles is 1. The third-order valence-corrected chi connectivity index (χ3v) is 2.33. The molecule has 6 heteroatoms. The van der Waals surface area contributed by atoms with E-state index in [1.54, 1.807) is 19.1 Å². The summed E-state index contributed by atoms with van der Waals surface area (Å²) in [6, 6.07) is 5.37. The van der Waals surface area contributed by atoms with Crippen molar-refractivity contribution in [1.82, 2.24) is 4.98 Å². The molecule has 1 aromatic heterocycles. The first-order valence-corrected chi connectivity index (χ1v) is 5.42. The Hall–Kier alpha value is -2.13. The minimum absolute atomic E-state index is 0.214. The van der Waals surface area contributed by atoms with Gasteiger partial charge in [0.2, 0.25) is 0 Å². The Labute approximate surface area is 105 Å². The Morgan fingerprint density at radius 2 is 2.33 bits per heavy atom. The molecule has 1 heterocycles. The predicted molar refractivity (Wildman–Crippen MR) is 65.4 cm³/mol. The molecular weight excluding hydrogens is 234 g/mol. The molecule has 0 atom stereocenters. The predicted octanol–water partition coefficient (Wildman–Crippen LogP) is 0.799. The molecule has 0 aromatic carbocycles. The van der Waals surface area contributed by atoms with E-state index >= 15 is 0 Å². The lowest BCUT2D eigenvalue weighted by molar-refractivity contribution is -0.135. The summed E-state index contributed by atoms with van der Waals surface area (Å²) in [5.74, 6) is -0.588. The summed E-state index contributed by atoms with van der Waals surface area (Å²) in [6.07, 6.45) is 0. The van der Waals surface area contributed by atoms with Gasteiger partial charge >= 0.3 is 5.97 Å². The number of methoxy groups -OCH3 is 1. The van der Waals surface area contributed by atoms with Gasteiger partial charge in [-0.05, 0) is 19.1 Å². The number of rotatable bonds is 6. The van der Waals surface area contributed by atoms with Crippen molar-refractivity contribution < 1.29 is 14.6 Å². The maximum Gasteiger partial charge on any atom is 0.323 e. The lowest BCUT2D eigenvalue weighted by Crippen LogP contribution is -2.34. The number of carbonyl (C=O) groups is 1. The van der Waals surface area contributed by atoms with E-state index in [2.05, 4.69) is 4.98 Å². The number of hydrogen-bond acceptors (Lipinski definition) is 5. The van der Waals surface area contributed by atoms with Gasteiger partial charge in [0.15, 0.2) is 0 Å². The Morgan fingerprint density at radius 3 is 2.89 bits per heavy atom. The van der Waals surface area contributed by atoms with Crippen LogP contribution in [0.4, 0.5) is 5.82 Å². The van der Waals surface area contributed by atoms with E-state index in [0.717, 1.165) is 5.69 Å². The Morgan fingerprint density at radius 1 is 1.61 bits per heavy atom. The number of anilines is 1. The van der Waals surface area contributed by atoms with Crippen LogP contribution in [-0.4, -0.2) is 42.9 Å². The normalized spacial score (nSPS) is 9.83. The van der Waals surface area contributed by atoms with E-state index in [-0.39, 0.29) is 6.54 Å². The maximum absolute atomic E-state index is 10.8. The van der Waals surface area contributed by atoms with Gasteiger partial charge in [0.1, 0.15) is 18.4 Å². The monoisotopic (exact) mass is 249 g/mol. The topological polar surface area (TPSA) is 86.4 Å². The molecule has 0 aliphatic heterocycles. The van der Waals surface area contributed by atoms with Crippen LogP contribution in [0.15, 0.2) is 12.1 Å². The van der Waals surface area contributed by atoms with Gasteiger partial charge in [-0.3, -0.25) is 4.79 Å². The molecule has 0 amide bonds. The third kappa shape index (κ3) is 3.71. The Bertz CT molecular complexity index is 468. The number of hydrogen-bond donors (Lipinski definition) is 1. The van der Waals surface area contributed by atoms with E-state index in [9.17, 15) is 4.79 Å². The molecule has 0 aliphatic rings. The highest BCUT2D eigenvalue weighted by molar-refractivity contribution is 5.74. The van der Waals surface area contributed by atoms with Crippen molar-refractivity contribution >= 4 is 11.8 Å². The van der Waals surface area contributed by atoms with Gasteiger partial charge in [-0.1, -0.05) is 0 Å². The lowest BCUT2D eigenvalue weighted by Gasteiger charge is -2.22.